The van der Waals surface area contributed by atoms with Crippen LogP contribution in [0.25, 0.3) is 0 Å². The number of rotatable bonds is 5. The van der Waals surface area contributed by atoms with E-state index in [9.17, 15) is 23.7 Å². The van der Waals surface area contributed by atoms with Gasteiger partial charge in [0, 0.05) is 18.7 Å². The minimum atomic E-state index is -1.30. The molecule has 0 heterocycles. The first-order valence-corrected chi connectivity index (χ1v) is 5.54. The van der Waals surface area contributed by atoms with Gasteiger partial charge in [-0.15, -0.1) is 0 Å². The second-order valence-electron chi connectivity index (χ2n) is 3.80. The van der Waals surface area contributed by atoms with Crippen LogP contribution >= 0.6 is 0 Å². The highest BCUT2D eigenvalue weighted by molar-refractivity contribution is 5.85. The molecular weight excluding hydrogens is 260 g/mol. The number of hydrogen-bond donors (Lipinski definition) is 2. The van der Waals surface area contributed by atoms with E-state index >= 15 is 0 Å². The number of hydrogen-bond acceptors (Lipinski definition) is 4. The van der Waals surface area contributed by atoms with Crippen LogP contribution in [0.3, 0.4) is 0 Å². The molecule has 1 unspecified atom stereocenters. The Morgan fingerprint density at radius 1 is 1.47 bits per heavy atom. The van der Waals surface area contributed by atoms with E-state index < -0.39 is 34.2 Å². The normalized spacial score (nSPS) is 11.8. The van der Waals surface area contributed by atoms with Gasteiger partial charge in [0.1, 0.15) is 17.5 Å². The van der Waals surface area contributed by atoms with E-state index in [1.807, 2.05) is 0 Å². The molecule has 8 heteroatoms. The van der Waals surface area contributed by atoms with Gasteiger partial charge in [0.25, 0.3) is 0 Å². The lowest BCUT2D eigenvalue weighted by molar-refractivity contribution is -0.386. The van der Waals surface area contributed by atoms with E-state index in [4.69, 9.17) is 0 Å². The molecule has 19 heavy (non-hydrogen) atoms. The molecule has 1 aromatic carbocycles. The summed E-state index contributed by atoms with van der Waals surface area (Å²) in [6.45, 7) is 3.51. The van der Waals surface area contributed by atoms with Gasteiger partial charge in [-0.2, -0.15) is 4.39 Å². The maximum atomic E-state index is 13.3. The van der Waals surface area contributed by atoms with Crippen molar-refractivity contribution < 1.29 is 18.5 Å². The number of nitro benzene ring substituents is 1. The molecule has 2 N–H and O–H groups in total. The van der Waals surface area contributed by atoms with Crippen molar-refractivity contribution in [3.63, 3.8) is 0 Å². The van der Waals surface area contributed by atoms with E-state index in [1.54, 1.807) is 6.92 Å². The van der Waals surface area contributed by atoms with E-state index in [-0.39, 0.29) is 5.69 Å². The fourth-order valence-electron chi connectivity index (χ4n) is 1.49. The maximum Gasteiger partial charge on any atom is 0.327 e. The summed E-state index contributed by atoms with van der Waals surface area (Å²) in [5, 5.41) is 15.6. The van der Waals surface area contributed by atoms with Crippen LogP contribution in [-0.4, -0.2) is 23.4 Å². The molecule has 0 aliphatic heterocycles. The standard InChI is InChI=1S/C11H13F2N3O3/c1-3-14-11(17)6(2)15-9-5-7(12)4-8(13)10(9)16(18)19/h4-6,15H,3H2,1-2H3,(H,14,17). The Kier molecular flexibility index (Phi) is 4.74. The lowest BCUT2D eigenvalue weighted by atomic mass is 10.2. The molecule has 0 saturated carbocycles. The number of likely N-dealkylation sites (N-methyl/N-ethyl adjacent to an activating group) is 1. The number of nitro groups is 1. The number of halogens is 2. The molecule has 0 aromatic heterocycles. The van der Waals surface area contributed by atoms with Crippen LogP contribution in [0.4, 0.5) is 20.2 Å². The molecule has 0 saturated heterocycles. The fourth-order valence-corrected chi connectivity index (χ4v) is 1.49. The summed E-state index contributed by atoms with van der Waals surface area (Å²) in [6, 6.07) is 0.330. The number of amides is 1. The topological polar surface area (TPSA) is 84.3 Å². The van der Waals surface area contributed by atoms with Gasteiger partial charge < -0.3 is 10.6 Å². The fraction of sp³-hybridized carbons (Fsp3) is 0.364. The maximum absolute atomic E-state index is 13.3. The Labute approximate surface area is 108 Å². The van der Waals surface area contributed by atoms with Crippen LogP contribution in [-0.2, 0) is 4.79 Å². The minimum Gasteiger partial charge on any atom is -0.368 e. The Bertz CT molecular complexity index is 508. The first-order chi connectivity index (χ1) is 8.86. The molecule has 0 bridgehead atoms. The van der Waals surface area contributed by atoms with Crippen LogP contribution in [0.1, 0.15) is 13.8 Å². The second-order valence-corrected chi connectivity index (χ2v) is 3.80. The third kappa shape index (κ3) is 3.60. The molecule has 6 nitrogen and oxygen atoms in total. The van der Waals surface area contributed by atoms with E-state index in [2.05, 4.69) is 10.6 Å². The summed E-state index contributed by atoms with van der Waals surface area (Å²) in [5.41, 5.74) is -1.26. The van der Waals surface area contributed by atoms with Gasteiger partial charge >= 0.3 is 5.69 Å². The highest BCUT2D eigenvalue weighted by atomic mass is 19.1. The Morgan fingerprint density at radius 2 is 2.11 bits per heavy atom. The van der Waals surface area contributed by atoms with E-state index in [0.29, 0.717) is 12.6 Å². The molecule has 1 amide bonds. The second kappa shape index (κ2) is 6.07. The number of carbonyl (C=O) groups is 1. The SMILES string of the molecule is CCNC(=O)C(C)Nc1cc(F)cc(F)c1[N+](=O)[O-]. The molecule has 1 rings (SSSR count). The number of nitrogens with zero attached hydrogens (tertiary/aromatic N) is 1. The van der Waals surface area contributed by atoms with Crippen LogP contribution < -0.4 is 10.6 Å². The molecule has 0 aliphatic carbocycles. The summed E-state index contributed by atoms with van der Waals surface area (Å²) >= 11 is 0. The van der Waals surface area contributed by atoms with Gasteiger partial charge in [0.15, 0.2) is 0 Å². The van der Waals surface area contributed by atoms with Gasteiger partial charge in [0.05, 0.1) is 4.92 Å². The van der Waals surface area contributed by atoms with Crippen LogP contribution in [0.15, 0.2) is 12.1 Å². The Hall–Kier alpha value is -2.25. The van der Waals surface area contributed by atoms with Gasteiger partial charge in [-0.1, -0.05) is 0 Å². The van der Waals surface area contributed by atoms with E-state index in [1.165, 1.54) is 6.92 Å². The zero-order valence-electron chi connectivity index (χ0n) is 10.4. The molecule has 104 valence electrons. The summed E-state index contributed by atoms with van der Waals surface area (Å²) in [6.07, 6.45) is 0. The Morgan fingerprint density at radius 3 is 2.63 bits per heavy atom. The molecule has 0 fully saturated rings. The molecule has 0 radical (unpaired) electrons. The minimum absolute atomic E-state index is 0.374. The zero-order valence-corrected chi connectivity index (χ0v) is 10.4. The summed E-state index contributed by atoms with van der Waals surface area (Å²) in [4.78, 5) is 21.2. The average molecular weight is 273 g/mol. The third-order valence-corrected chi connectivity index (χ3v) is 2.33. The van der Waals surface area contributed by atoms with Crippen molar-refractivity contribution in [2.45, 2.75) is 19.9 Å². The number of nitrogens with one attached hydrogen (secondary N) is 2. The first kappa shape index (κ1) is 14.8. The smallest absolute Gasteiger partial charge is 0.327 e. The first-order valence-electron chi connectivity index (χ1n) is 5.54. The van der Waals surface area contributed by atoms with Crippen molar-refractivity contribution in [2.75, 3.05) is 11.9 Å². The van der Waals surface area contributed by atoms with Crippen molar-refractivity contribution in [2.24, 2.45) is 0 Å². The molecule has 1 aromatic rings. The third-order valence-electron chi connectivity index (χ3n) is 2.33. The highest BCUT2D eigenvalue weighted by Crippen LogP contribution is 2.29. The molecule has 0 aliphatic rings. The summed E-state index contributed by atoms with van der Waals surface area (Å²) < 4.78 is 26.4. The highest BCUT2D eigenvalue weighted by Gasteiger charge is 2.24. The lowest BCUT2D eigenvalue weighted by Crippen LogP contribution is -2.37. The van der Waals surface area contributed by atoms with Crippen LogP contribution in [0.2, 0.25) is 0 Å². The van der Waals surface area contributed by atoms with Crippen LogP contribution in [0.5, 0.6) is 0 Å². The van der Waals surface area contributed by atoms with Crippen molar-refractivity contribution in [3.8, 4) is 0 Å². The monoisotopic (exact) mass is 273 g/mol. The van der Waals surface area contributed by atoms with E-state index in [0.717, 1.165) is 6.07 Å². The van der Waals surface area contributed by atoms with Crippen LogP contribution in [0, 0.1) is 21.7 Å². The lowest BCUT2D eigenvalue weighted by Gasteiger charge is -2.14. The molecule has 1 atom stereocenters. The quantitative estimate of drug-likeness (QED) is 0.633. The Balaban J connectivity index is 3.06. The predicted molar refractivity (Wildman–Crippen MR) is 64.8 cm³/mol. The van der Waals surface area contributed by atoms with Crippen molar-refractivity contribution in [1.82, 2.24) is 5.32 Å². The van der Waals surface area contributed by atoms with Gasteiger partial charge in [-0.25, -0.2) is 4.39 Å². The van der Waals surface area contributed by atoms with Crippen molar-refractivity contribution in [1.29, 1.82) is 0 Å². The zero-order chi connectivity index (χ0) is 14.6. The average Bonchev–Trinajstić information content (AvgIpc) is 2.27. The largest absolute Gasteiger partial charge is 0.368 e. The molecular formula is C11H13F2N3O3. The predicted octanol–water partition coefficient (Wildman–Crippen LogP) is 1.81. The van der Waals surface area contributed by atoms with Gasteiger partial charge in [-0.05, 0) is 13.8 Å². The molecule has 0 spiro atoms. The number of carbonyl (C=O) groups excluding carboxylic acids is 1. The summed E-state index contributed by atoms with van der Waals surface area (Å²) in [7, 11) is 0. The van der Waals surface area contributed by atoms with Crippen molar-refractivity contribution in [3.05, 3.63) is 33.9 Å². The van der Waals surface area contributed by atoms with Gasteiger partial charge in [-0.3, -0.25) is 14.9 Å². The number of benzene rings is 1. The van der Waals surface area contributed by atoms with Gasteiger partial charge in [0.2, 0.25) is 11.7 Å². The number of anilines is 1. The summed E-state index contributed by atoms with van der Waals surface area (Å²) in [5.74, 6) is -2.69. The van der Waals surface area contributed by atoms with Crippen molar-refractivity contribution >= 4 is 17.3 Å².